The predicted octanol–water partition coefficient (Wildman–Crippen LogP) is 2.56. The first kappa shape index (κ1) is 11.3. The molecule has 1 aliphatic heterocycles. The van der Waals surface area contributed by atoms with Crippen molar-refractivity contribution in [3.8, 4) is 0 Å². The van der Waals surface area contributed by atoms with Gasteiger partial charge in [-0.2, -0.15) is 0 Å². The number of hydrogen-bond acceptors (Lipinski definition) is 3. The van der Waals surface area contributed by atoms with Gasteiger partial charge in [0.1, 0.15) is 0 Å². The summed E-state index contributed by atoms with van der Waals surface area (Å²) in [6.45, 7) is 0.756. The van der Waals surface area contributed by atoms with E-state index in [2.05, 4.69) is 15.6 Å². The molecule has 6 heteroatoms. The first-order valence-electron chi connectivity index (χ1n) is 4.75. The third-order valence-electron chi connectivity index (χ3n) is 1.93. The summed E-state index contributed by atoms with van der Waals surface area (Å²) in [6, 6.07) is 6.76. The molecule has 0 spiro atoms. The number of amides is 2. The summed E-state index contributed by atoms with van der Waals surface area (Å²) < 4.78 is 0. The Morgan fingerprint density at radius 2 is 2.19 bits per heavy atom. The minimum atomic E-state index is -0.318. The van der Waals surface area contributed by atoms with Crippen LogP contribution in [-0.4, -0.2) is 23.5 Å². The maximum Gasteiger partial charge on any atom is 0.325 e. The lowest BCUT2D eigenvalue weighted by molar-refractivity contribution is 0.256. The summed E-state index contributed by atoms with van der Waals surface area (Å²) in [5, 5.41) is 6.49. The van der Waals surface area contributed by atoms with Gasteiger partial charge in [0.25, 0.3) is 0 Å². The molecule has 0 bridgehead atoms. The molecule has 0 unspecified atom stereocenters. The number of para-hydroxylation sites is 1. The zero-order chi connectivity index (χ0) is 11.4. The van der Waals surface area contributed by atoms with Crippen LogP contribution in [0.25, 0.3) is 0 Å². The van der Waals surface area contributed by atoms with E-state index in [9.17, 15) is 4.79 Å². The van der Waals surface area contributed by atoms with Gasteiger partial charge in [-0.05, 0) is 12.1 Å². The molecule has 2 amide bonds. The van der Waals surface area contributed by atoms with Gasteiger partial charge >= 0.3 is 6.03 Å². The molecule has 0 atom stereocenters. The number of urea groups is 1. The molecule has 1 heterocycles. The molecular formula is C10H10ClN3OS. The zero-order valence-corrected chi connectivity index (χ0v) is 9.94. The van der Waals surface area contributed by atoms with E-state index in [1.807, 2.05) is 12.1 Å². The van der Waals surface area contributed by atoms with Gasteiger partial charge in [-0.1, -0.05) is 35.5 Å². The number of aliphatic imine (C=N–C) groups is 1. The van der Waals surface area contributed by atoms with E-state index in [-0.39, 0.29) is 6.03 Å². The maximum absolute atomic E-state index is 11.5. The van der Waals surface area contributed by atoms with Gasteiger partial charge in [0.15, 0.2) is 5.17 Å². The van der Waals surface area contributed by atoms with Crippen molar-refractivity contribution in [3.63, 3.8) is 0 Å². The summed E-state index contributed by atoms with van der Waals surface area (Å²) in [6.07, 6.45) is 0. The average Bonchev–Trinajstić information content (AvgIpc) is 2.74. The molecule has 4 nitrogen and oxygen atoms in total. The minimum absolute atomic E-state index is 0.318. The van der Waals surface area contributed by atoms with Crippen LogP contribution in [0, 0.1) is 0 Å². The number of carbonyl (C=O) groups excluding carboxylic acids is 1. The van der Waals surface area contributed by atoms with Crippen LogP contribution in [0.5, 0.6) is 0 Å². The topological polar surface area (TPSA) is 53.5 Å². The fourth-order valence-corrected chi connectivity index (χ4v) is 2.13. The maximum atomic E-state index is 11.5. The van der Waals surface area contributed by atoms with Crippen molar-refractivity contribution in [3.05, 3.63) is 29.3 Å². The summed E-state index contributed by atoms with van der Waals surface area (Å²) in [4.78, 5) is 15.7. The third-order valence-corrected chi connectivity index (χ3v) is 3.15. The van der Waals surface area contributed by atoms with Gasteiger partial charge < -0.3 is 5.32 Å². The lowest BCUT2D eigenvalue weighted by atomic mass is 10.3. The van der Waals surface area contributed by atoms with E-state index in [4.69, 9.17) is 11.6 Å². The van der Waals surface area contributed by atoms with Crippen molar-refractivity contribution < 1.29 is 4.79 Å². The Labute approximate surface area is 102 Å². The summed E-state index contributed by atoms with van der Waals surface area (Å²) in [7, 11) is 0. The van der Waals surface area contributed by atoms with Crippen LogP contribution in [0.1, 0.15) is 0 Å². The number of benzene rings is 1. The van der Waals surface area contributed by atoms with Crippen molar-refractivity contribution in [1.29, 1.82) is 0 Å². The largest absolute Gasteiger partial charge is 0.325 e. The van der Waals surface area contributed by atoms with Crippen LogP contribution in [0.3, 0.4) is 0 Å². The summed E-state index contributed by atoms with van der Waals surface area (Å²) >= 11 is 7.44. The number of hydrogen-bond donors (Lipinski definition) is 2. The molecule has 0 fully saturated rings. The molecule has 0 aliphatic carbocycles. The number of rotatable bonds is 1. The smallest absolute Gasteiger partial charge is 0.306 e. The van der Waals surface area contributed by atoms with Crippen molar-refractivity contribution in [2.45, 2.75) is 0 Å². The van der Waals surface area contributed by atoms with Crippen LogP contribution in [0.4, 0.5) is 10.5 Å². The highest BCUT2D eigenvalue weighted by Crippen LogP contribution is 2.20. The van der Waals surface area contributed by atoms with Crippen molar-refractivity contribution in [1.82, 2.24) is 5.32 Å². The average molecular weight is 256 g/mol. The molecule has 0 saturated heterocycles. The Hall–Kier alpha value is -1.20. The van der Waals surface area contributed by atoms with Crippen LogP contribution in [0.2, 0.25) is 5.02 Å². The second kappa shape index (κ2) is 5.23. The van der Waals surface area contributed by atoms with Gasteiger partial charge in [0, 0.05) is 5.75 Å². The van der Waals surface area contributed by atoms with Gasteiger partial charge in [-0.15, -0.1) is 0 Å². The molecule has 1 aromatic rings. The number of carbonyl (C=O) groups is 1. The van der Waals surface area contributed by atoms with Crippen LogP contribution < -0.4 is 10.6 Å². The Kier molecular flexibility index (Phi) is 3.69. The second-order valence-electron chi connectivity index (χ2n) is 3.09. The minimum Gasteiger partial charge on any atom is -0.306 e. The quantitative estimate of drug-likeness (QED) is 0.810. The first-order chi connectivity index (χ1) is 7.75. The number of halogens is 1. The molecule has 0 saturated carbocycles. The van der Waals surface area contributed by atoms with Crippen molar-refractivity contribution in [2.24, 2.45) is 4.99 Å². The van der Waals surface area contributed by atoms with E-state index < -0.39 is 0 Å². The third kappa shape index (κ3) is 2.90. The van der Waals surface area contributed by atoms with E-state index in [1.54, 1.807) is 12.1 Å². The highest BCUT2D eigenvalue weighted by atomic mass is 35.5. The Bertz CT molecular complexity index is 436. The Balaban J connectivity index is 1.94. The normalized spacial score (nSPS) is 14.4. The highest BCUT2D eigenvalue weighted by Gasteiger charge is 2.11. The Morgan fingerprint density at radius 1 is 1.38 bits per heavy atom. The number of nitrogens with zero attached hydrogens (tertiary/aromatic N) is 1. The zero-order valence-electron chi connectivity index (χ0n) is 8.37. The molecule has 84 valence electrons. The monoisotopic (exact) mass is 255 g/mol. The fourth-order valence-electron chi connectivity index (χ4n) is 1.22. The molecule has 1 aliphatic rings. The van der Waals surface area contributed by atoms with E-state index in [1.165, 1.54) is 11.8 Å². The van der Waals surface area contributed by atoms with Gasteiger partial charge in [0.05, 0.1) is 17.3 Å². The van der Waals surface area contributed by atoms with Gasteiger partial charge in [-0.3, -0.25) is 10.3 Å². The first-order valence-corrected chi connectivity index (χ1v) is 6.12. The number of thioether (sulfide) groups is 1. The lowest BCUT2D eigenvalue weighted by Gasteiger charge is -2.07. The molecule has 2 N–H and O–H groups in total. The number of amidine groups is 1. The van der Waals surface area contributed by atoms with Crippen LogP contribution in [-0.2, 0) is 0 Å². The standard InChI is InChI=1S/C10H10ClN3OS/c11-7-3-1-2-4-8(7)13-9(15)14-10-12-5-6-16-10/h1-4H,5-6H2,(H2,12,13,14,15). The highest BCUT2D eigenvalue weighted by molar-refractivity contribution is 8.14. The molecule has 2 rings (SSSR count). The van der Waals surface area contributed by atoms with Crippen molar-refractivity contribution >= 4 is 40.2 Å². The summed E-state index contributed by atoms with van der Waals surface area (Å²) in [5.74, 6) is 0.918. The van der Waals surface area contributed by atoms with Crippen molar-refractivity contribution in [2.75, 3.05) is 17.6 Å². The molecule has 16 heavy (non-hydrogen) atoms. The SMILES string of the molecule is O=C(NC1=NCCS1)Nc1ccccc1Cl. The number of anilines is 1. The van der Waals surface area contributed by atoms with Crippen LogP contribution >= 0.6 is 23.4 Å². The molecule has 0 radical (unpaired) electrons. The Morgan fingerprint density at radius 3 is 2.88 bits per heavy atom. The van der Waals surface area contributed by atoms with Gasteiger partial charge in [0.2, 0.25) is 0 Å². The molecule has 0 aromatic heterocycles. The van der Waals surface area contributed by atoms with E-state index in [0.717, 1.165) is 12.3 Å². The predicted molar refractivity (Wildman–Crippen MR) is 68.4 cm³/mol. The lowest BCUT2D eigenvalue weighted by Crippen LogP contribution is -2.31. The molecule has 1 aromatic carbocycles. The molecular weight excluding hydrogens is 246 g/mol. The van der Waals surface area contributed by atoms with E-state index in [0.29, 0.717) is 15.9 Å². The fraction of sp³-hybridized carbons (Fsp3) is 0.200. The second-order valence-corrected chi connectivity index (χ2v) is 4.59. The van der Waals surface area contributed by atoms with Gasteiger partial charge in [-0.25, -0.2) is 4.79 Å². The summed E-state index contributed by atoms with van der Waals surface area (Å²) in [5.41, 5.74) is 0.588. The van der Waals surface area contributed by atoms with E-state index >= 15 is 0 Å². The van der Waals surface area contributed by atoms with Crippen LogP contribution in [0.15, 0.2) is 29.3 Å². The number of nitrogens with one attached hydrogen (secondary N) is 2.